The first kappa shape index (κ1) is 14.6. The molecule has 0 radical (unpaired) electrons. The van der Waals surface area contributed by atoms with Gasteiger partial charge in [0.05, 0.1) is 16.3 Å². The molecule has 110 valence electrons. The summed E-state index contributed by atoms with van der Waals surface area (Å²) in [4.78, 5) is 12.7. The molecular formula is C14H22N4O2. The van der Waals surface area contributed by atoms with Crippen LogP contribution >= 0.6 is 0 Å². The molecule has 0 spiro atoms. The number of benzene rings is 1. The quantitative estimate of drug-likeness (QED) is 0.491. The highest BCUT2D eigenvalue weighted by Gasteiger charge is 2.16. The molecule has 6 nitrogen and oxygen atoms in total. The van der Waals surface area contributed by atoms with Crippen LogP contribution in [0.5, 0.6) is 0 Å². The van der Waals surface area contributed by atoms with Gasteiger partial charge in [-0.15, -0.1) is 0 Å². The van der Waals surface area contributed by atoms with Crippen molar-refractivity contribution in [3.8, 4) is 0 Å². The van der Waals surface area contributed by atoms with Crippen molar-refractivity contribution in [1.82, 2.24) is 4.90 Å². The smallest absolute Gasteiger partial charge is 0.271 e. The largest absolute Gasteiger partial charge is 0.397 e. The molecule has 1 aliphatic rings. The molecule has 6 heteroatoms. The zero-order valence-corrected chi connectivity index (χ0v) is 11.8. The number of nitrogens with one attached hydrogen (secondary N) is 1. The van der Waals surface area contributed by atoms with Crippen LogP contribution in [0.1, 0.15) is 26.2 Å². The Morgan fingerprint density at radius 2 is 2.10 bits per heavy atom. The van der Waals surface area contributed by atoms with Crippen LogP contribution in [0.25, 0.3) is 0 Å². The topological polar surface area (TPSA) is 84.4 Å². The number of likely N-dealkylation sites (tertiary alicyclic amines) is 1. The van der Waals surface area contributed by atoms with E-state index in [1.54, 1.807) is 6.07 Å². The summed E-state index contributed by atoms with van der Waals surface area (Å²) in [7, 11) is 0. The molecule has 1 atom stereocenters. The third kappa shape index (κ3) is 3.60. The molecule has 1 aromatic rings. The normalized spacial score (nSPS) is 17.6. The van der Waals surface area contributed by atoms with Crippen molar-refractivity contribution in [3.63, 3.8) is 0 Å². The molecule has 3 N–H and O–H groups in total. The molecule has 0 aliphatic carbocycles. The van der Waals surface area contributed by atoms with Gasteiger partial charge in [-0.3, -0.25) is 15.0 Å². The summed E-state index contributed by atoms with van der Waals surface area (Å²) in [5, 5.41) is 13.9. The number of nitro groups is 1. The summed E-state index contributed by atoms with van der Waals surface area (Å²) in [5.41, 5.74) is 7.05. The van der Waals surface area contributed by atoms with Gasteiger partial charge in [-0.2, -0.15) is 0 Å². The Balaban J connectivity index is 1.91. The Kier molecular flexibility index (Phi) is 4.79. The number of rotatable bonds is 5. The van der Waals surface area contributed by atoms with Crippen LogP contribution in [0, 0.1) is 10.1 Å². The second-order valence-corrected chi connectivity index (χ2v) is 5.36. The fraction of sp³-hybridized carbons (Fsp3) is 0.571. The third-order valence-corrected chi connectivity index (χ3v) is 3.85. The summed E-state index contributed by atoms with van der Waals surface area (Å²) in [6.45, 7) is 5.29. The van der Waals surface area contributed by atoms with Gasteiger partial charge in [0.2, 0.25) is 0 Å². The summed E-state index contributed by atoms with van der Waals surface area (Å²) < 4.78 is 0. The minimum absolute atomic E-state index is 0.0251. The number of anilines is 2. The van der Waals surface area contributed by atoms with Gasteiger partial charge in [0.25, 0.3) is 5.69 Å². The maximum absolute atomic E-state index is 10.7. The number of piperidine rings is 1. The van der Waals surface area contributed by atoms with E-state index < -0.39 is 4.92 Å². The van der Waals surface area contributed by atoms with Gasteiger partial charge in [0.15, 0.2) is 0 Å². The molecule has 2 rings (SSSR count). The fourth-order valence-corrected chi connectivity index (χ4v) is 2.57. The zero-order chi connectivity index (χ0) is 14.5. The molecule has 1 unspecified atom stereocenters. The maximum Gasteiger partial charge on any atom is 0.271 e. The van der Waals surface area contributed by atoms with Crippen molar-refractivity contribution in [3.05, 3.63) is 28.3 Å². The molecule has 0 amide bonds. The van der Waals surface area contributed by atoms with Gasteiger partial charge >= 0.3 is 0 Å². The van der Waals surface area contributed by atoms with Crippen molar-refractivity contribution >= 4 is 17.1 Å². The summed E-state index contributed by atoms with van der Waals surface area (Å²) in [5.74, 6) is 0. The third-order valence-electron chi connectivity index (χ3n) is 3.85. The lowest BCUT2D eigenvalue weighted by molar-refractivity contribution is -0.384. The Bertz CT molecular complexity index is 472. The van der Waals surface area contributed by atoms with E-state index in [1.165, 1.54) is 31.4 Å². The monoisotopic (exact) mass is 278 g/mol. The summed E-state index contributed by atoms with van der Waals surface area (Å²) >= 11 is 0. The zero-order valence-electron chi connectivity index (χ0n) is 11.8. The molecule has 1 saturated heterocycles. The predicted molar refractivity (Wildman–Crippen MR) is 80.9 cm³/mol. The highest BCUT2D eigenvalue weighted by molar-refractivity contribution is 5.69. The van der Waals surface area contributed by atoms with E-state index in [0.717, 1.165) is 25.3 Å². The van der Waals surface area contributed by atoms with Gasteiger partial charge in [-0.1, -0.05) is 6.42 Å². The van der Waals surface area contributed by atoms with Gasteiger partial charge in [0, 0.05) is 24.7 Å². The number of non-ortho nitro benzene ring substituents is 1. The maximum atomic E-state index is 10.7. The highest BCUT2D eigenvalue weighted by atomic mass is 16.6. The van der Waals surface area contributed by atoms with E-state index >= 15 is 0 Å². The molecule has 20 heavy (non-hydrogen) atoms. The van der Waals surface area contributed by atoms with Gasteiger partial charge < -0.3 is 11.1 Å². The van der Waals surface area contributed by atoms with Crippen LogP contribution in [0.2, 0.25) is 0 Å². The molecule has 0 bridgehead atoms. The second kappa shape index (κ2) is 6.56. The van der Waals surface area contributed by atoms with Crippen LogP contribution in [-0.2, 0) is 0 Å². The molecule has 1 aromatic carbocycles. The van der Waals surface area contributed by atoms with Crippen LogP contribution in [-0.4, -0.2) is 35.5 Å². The highest BCUT2D eigenvalue weighted by Crippen LogP contribution is 2.24. The first-order valence-corrected chi connectivity index (χ1v) is 7.10. The van der Waals surface area contributed by atoms with Crippen molar-refractivity contribution in [2.75, 3.05) is 30.7 Å². The lowest BCUT2D eigenvalue weighted by atomic mass is 10.1. The Morgan fingerprint density at radius 1 is 1.40 bits per heavy atom. The van der Waals surface area contributed by atoms with Crippen LogP contribution < -0.4 is 11.1 Å². The fourth-order valence-electron chi connectivity index (χ4n) is 2.57. The van der Waals surface area contributed by atoms with Crippen LogP contribution in [0.3, 0.4) is 0 Å². The second-order valence-electron chi connectivity index (χ2n) is 5.36. The van der Waals surface area contributed by atoms with Crippen molar-refractivity contribution < 1.29 is 4.92 Å². The average molecular weight is 278 g/mol. The van der Waals surface area contributed by atoms with Gasteiger partial charge in [-0.25, -0.2) is 0 Å². The van der Waals surface area contributed by atoms with Crippen molar-refractivity contribution in [2.24, 2.45) is 0 Å². The lowest BCUT2D eigenvalue weighted by Crippen LogP contribution is -2.41. The Hall–Kier alpha value is -1.82. The van der Waals surface area contributed by atoms with Crippen molar-refractivity contribution in [2.45, 2.75) is 32.2 Å². The first-order valence-electron chi connectivity index (χ1n) is 7.10. The van der Waals surface area contributed by atoms with E-state index in [9.17, 15) is 10.1 Å². The Labute approximate surface area is 119 Å². The number of nitrogen functional groups attached to an aromatic ring is 1. The standard InChI is InChI=1S/C14H22N4O2/c1-11(17-7-3-2-4-8-17)10-16-14-6-5-12(18(19)20)9-13(14)15/h5-6,9,11,16H,2-4,7-8,10,15H2,1H3. The average Bonchev–Trinajstić information content (AvgIpc) is 2.46. The molecular weight excluding hydrogens is 256 g/mol. The summed E-state index contributed by atoms with van der Waals surface area (Å²) in [6.07, 6.45) is 3.86. The van der Waals surface area contributed by atoms with Crippen LogP contribution in [0.15, 0.2) is 18.2 Å². The SMILES string of the molecule is CC(CNc1ccc([N+](=O)[O-])cc1N)N1CCCCC1. The first-order chi connectivity index (χ1) is 9.58. The number of hydrogen-bond acceptors (Lipinski definition) is 5. The number of hydrogen-bond donors (Lipinski definition) is 2. The van der Waals surface area contributed by atoms with E-state index in [2.05, 4.69) is 17.1 Å². The van der Waals surface area contributed by atoms with Gasteiger partial charge in [-0.05, 0) is 38.9 Å². The molecule has 1 aliphatic heterocycles. The van der Waals surface area contributed by atoms with Gasteiger partial charge in [0.1, 0.15) is 0 Å². The number of nitrogens with zero attached hydrogens (tertiary/aromatic N) is 2. The Morgan fingerprint density at radius 3 is 2.70 bits per heavy atom. The molecule has 1 fully saturated rings. The van der Waals surface area contributed by atoms with E-state index in [1.807, 2.05) is 0 Å². The van der Waals surface area contributed by atoms with E-state index in [-0.39, 0.29) is 5.69 Å². The van der Waals surface area contributed by atoms with E-state index in [4.69, 9.17) is 5.73 Å². The molecule has 0 saturated carbocycles. The predicted octanol–water partition coefficient (Wildman–Crippen LogP) is 2.46. The molecule has 0 aromatic heterocycles. The summed E-state index contributed by atoms with van der Waals surface area (Å²) in [6, 6.07) is 4.99. The molecule has 1 heterocycles. The minimum Gasteiger partial charge on any atom is -0.397 e. The minimum atomic E-state index is -0.434. The van der Waals surface area contributed by atoms with E-state index in [0.29, 0.717) is 11.7 Å². The lowest BCUT2D eigenvalue weighted by Gasteiger charge is -2.32. The van der Waals surface area contributed by atoms with Crippen molar-refractivity contribution in [1.29, 1.82) is 0 Å². The number of nitro benzene ring substituents is 1. The number of nitrogens with two attached hydrogens (primary N) is 1. The van der Waals surface area contributed by atoms with Crippen LogP contribution in [0.4, 0.5) is 17.1 Å².